The van der Waals surface area contributed by atoms with Gasteiger partial charge in [0.25, 0.3) is 0 Å². The molecule has 1 aromatic rings. The number of piperidine rings is 1. The lowest BCUT2D eigenvalue weighted by Gasteiger charge is -2.33. The molecule has 1 amide bonds. The summed E-state index contributed by atoms with van der Waals surface area (Å²) in [7, 11) is 1.04. The van der Waals surface area contributed by atoms with E-state index in [4.69, 9.17) is 9.76 Å². The largest absolute Gasteiger partial charge is 0.450 e. The van der Waals surface area contributed by atoms with Crippen LogP contribution in [0.15, 0.2) is 12.4 Å². The third kappa shape index (κ3) is 3.76. The zero-order valence-electron chi connectivity index (χ0n) is 12.2. The van der Waals surface area contributed by atoms with Gasteiger partial charge in [-0.3, -0.25) is 4.68 Å². The van der Waals surface area contributed by atoms with E-state index in [1.54, 1.807) is 11.1 Å². The Labute approximate surface area is 120 Å². The quantitative estimate of drug-likeness (QED) is 0.808. The van der Waals surface area contributed by atoms with Gasteiger partial charge in [0.1, 0.15) is 5.60 Å². The van der Waals surface area contributed by atoms with Crippen LogP contribution >= 0.6 is 0 Å². The molecule has 109 valence electrons. The number of rotatable bonds is 2. The van der Waals surface area contributed by atoms with Gasteiger partial charge >= 0.3 is 13.6 Å². The summed E-state index contributed by atoms with van der Waals surface area (Å²) in [5.41, 5.74) is 0.237. The van der Waals surface area contributed by atoms with E-state index in [1.165, 1.54) is 0 Å². The highest BCUT2D eigenvalue weighted by Crippen LogP contribution is 2.22. The minimum atomic E-state index is -0.457. The molecule has 0 bridgehead atoms. The first-order valence-corrected chi connectivity index (χ1v) is 6.88. The highest BCUT2D eigenvalue weighted by atomic mass is 16.6. The fraction of sp³-hybridized carbons (Fsp3) is 0.692. The van der Waals surface area contributed by atoms with Crippen LogP contribution in [0, 0.1) is 0 Å². The molecular weight excluding hydrogens is 257 g/mol. The van der Waals surface area contributed by atoms with E-state index >= 15 is 0 Å². The van der Waals surface area contributed by atoms with E-state index in [9.17, 15) is 4.79 Å². The molecule has 1 aliphatic heterocycles. The molecule has 0 spiro atoms. The number of hydrogen-bond donors (Lipinski definition) is 1. The van der Waals surface area contributed by atoms with Crippen molar-refractivity contribution in [2.45, 2.75) is 45.3 Å². The third-order valence-corrected chi connectivity index (χ3v) is 3.26. The fourth-order valence-corrected chi connectivity index (χ4v) is 2.26. The standard InChI is InChI=1S/C13H21BN3O3/c1-13(2,3)20-12(18)16-6-4-11(5-7-16)17-9-10(14-19)8-15-17/h8-9,11,19H,4-7H2,1-3H3. The number of amides is 1. The number of ether oxygens (including phenoxy) is 1. The van der Waals surface area contributed by atoms with Crippen LogP contribution in [0.25, 0.3) is 0 Å². The second kappa shape index (κ2) is 5.87. The molecule has 2 rings (SSSR count). The first-order valence-electron chi connectivity index (χ1n) is 6.88. The van der Waals surface area contributed by atoms with E-state index in [-0.39, 0.29) is 12.1 Å². The van der Waals surface area contributed by atoms with Crippen LogP contribution in [0.2, 0.25) is 0 Å². The maximum atomic E-state index is 12.0. The van der Waals surface area contributed by atoms with Gasteiger partial charge in [-0.2, -0.15) is 5.10 Å². The number of aromatic nitrogens is 2. The molecule has 1 N–H and O–H groups in total. The molecule has 0 saturated carbocycles. The highest BCUT2D eigenvalue weighted by molar-refractivity contribution is 6.45. The minimum absolute atomic E-state index is 0.249. The first-order chi connectivity index (χ1) is 9.39. The average molecular weight is 278 g/mol. The first kappa shape index (κ1) is 14.9. The van der Waals surface area contributed by atoms with Crippen LogP contribution in [-0.4, -0.2) is 52.0 Å². The highest BCUT2D eigenvalue weighted by Gasteiger charge is 2.27. The molecule has 0 aliphatic carbocycles. The smallest absolute Gasteiger partial charge is 0.410 e. The zero-order valence-corrected chi connectivity index (χ0v) is 12.2. The topological polar surface area (TPSA) is 67.6 Å². The normalized spacial score (nSPS) is 17.1. The maximum absolute atomic E-state index is 12.0. The van der Waals surface area contributed by atoms with Crippen molar-refractivity contribution >= 4 is 19.0 Å². The van der Waals surface area contributed by atoms with E-state index in [1.807, 2.05) is 31.6 Å². The molecule has 20 heavy (non-hydrogen) atoms. The molecule has 1 radical (unpaired) electrons. The van der Waals surface area contributed by atoms with E-state index < -0.39 is 5.60 Å². The summed E-state index contributed by atoms with van der Waals surface area (Å²) in [6.45, 7) is 6.94. The van der Waals surface area contributed by atoms with Gasteiger partial charge in [0, 0.05) is 25.5 Å². The SMILES string of the molecule is CC(C)(C)OC(=O)N1CCC(n2cc([B]O)cn2)CC1. The third-order valence-electron chi connectivity index (χ3n) is 3.26. The molecule has 0 unspecified atom stereocenters. The fourth-order valence-electron chi connectivity index (χ4n) is 2.26. The van der Waals surface area contributed by atoms with Crippen molar-refractivity contribution in [2.75, 3.05) is 13.1 Å². The summed E-state index contributed by atoms with van der Waals surface area (Å²) in [5, 5.41) is 13.2. The van der Waals surface area contributed by atoms with Crippen molar-refractivity contribution in [3.8, 4) is 0 Å². The van der Waals surface area contributed by atoms with Crippen molar-refractivity contribution in [1.29, 1.82) is 0 Å². The van der Waals surface area contributed by atoms with Gasteiger partial charge in [0.05, 0.1) is 6.04 Å². The number of likely N-dealkylation sites (tertiary alicyclic amines) is 1. The number of nitrogens with zero attached hydrogens (tertiary/aromatic N) is 3. The molecule has 1 fully saturated rings. The van der Waals surface area contributed by atoms with Gasteiger partial charge < -0.3 is 14.7 Å². The van der Waals surface area contributed by atoms with Crippen LogP contribution in [0.1, 0.15) is 39.7 Å². The monoisotopic (exact) mass is 278 g/mol. The Balaban J connectivity index is 1.87. The van der Waals surface area contributed by atoms with E-state index in [0.29, 0.717) is 18.6 Å². The van der Waals surface area contributed by atoms with Crippen molar-refractivity contribution < 1.29 is 14.6 Å². The predicted molar refractivity (Wildman–Crippen MR) is 75.9 cm³/mol. The van der Waals surface area contributed by atoms with E-state index in [2.05, 4.69) is 5.10 Å². The Morgan fingerprint density at radius 1 is 1.45 bits per heavy atom. The molecule has 0 atom stereocenters. The van der Waals surface area contributed by atoms with Crippen molar-refractivity contribution in [3.05, 3.63) is 12.4 Å². The zero-order chi connectivity index (χ0) is 14.8. The molecule has 2 heterocycles. The molecule has 0 aromatic carbocycles. The Bertz CT molecular complexity index is 462. The van der Waals surface area contributed by atoms with Crippen molar-refractivity contribution in [2.24, 2.45) is 0 Å². The van der Waals surface area contributed by atoms with Crippen LogP contribution in [0.5, 0.6) is 0 Å². The molecule has 6 nitrogen and oxygen atoms in total. The number of carbonyl (C=O) groups excluding carboxylic acids is 1. The van der Waals surface area contributed by atoms with Gasteiger partial charge in [0.15, 0.2) is 0 Å². The van der Waals surface area contributed by atoms with Crippen LogP contribution in [0.4, 0.5) is 4.79 Å². The maximum Gasteiger partial charge on any atom is 0.410 e. The van der Waals surface area contributed by atoms with Gasteiger partial charge in [0.2, 0.25) is 0 Å². The average Bonchev–Trinajstić information content (AvgIpc) is 2.85. The number of carbonyl (C=O) groups is 1. The van der Waals surface area contributed by atoms with Crippen molar-refractivity contribution in [1.82, 2.24) is 14.7 Å². The van der Waals surface area contributed by atoms with Gasteiger partial charge in [-0.15, -0.1) is 0 Å². The van der Waals surface area contributed by atoms with Crippen molar-refractivity contribution in [3.63, 3.8) is 0 Å². The predicted octanol–water partition coefficient (Wildman–Crippen LogP) is 0.692. The molecular formula is C13H21BN3O3. The summed E-state index contributed by atoms with van der Waals surface area (Å²) >= 11 is 0. The Hall–Kier alpha value is -1.50. The molecule has 1 saturated heterocycles. The Morgan fingerprint density at radius 2 is 2.10 bits per heavy atom. The summed E-state index contributed by atoms with van der Waals surface area (Å²) in [6, 6.07) is 0.266. The lowest BCUT2D eigenvalue weighted by Crippen LogP contribution is -2.42. The second-order valence-electron chi connectivity index (χ2n) is 6.08. The minimum Gasteiger partial charge on any atom is -0.450 e. The summed E-state index contributed by atoms with van der Waals surface area (Å²) < 4.78 is 7.22. The second-order valence-corrected chi connectivity index (χ2v) is 6.08. The lowest BCUT2D eigenvalue weighted by molar-refractivity contribution is 0.0185. The van der Waals surface area contributed by atoms with Gasteiger partial charge in [-0.1, -0.05) is 0 Å². The summed E-state index contributed by atoms with van der Waals surface area (Å²) in [6.07, 6.45) is 4.87. The Morgan fingerprint density at radius 3 is 2.60 bits per heavy atom. The summed E-state index contributed by atoms with van der Waals surface area (Å²) in [5.74, 6) is 0. The summed E-state index contributed by atoms with van der Waals surface area (Å²) in [4.78, 5) is 13.7. The number of hydrogen-bond acceptors (Lipinski definition) is 4. The van der Waals surface area contributed by atoms with Crippen LogP contribution in [0.3, 0.4) is 0 Å². The van der Waals surface area contributed by atoms with Gasteiger partial charge in [-0.25, -0.2) is 4.79 Å². The Kier molecular flexibility index (Phi) is 4.37. The molecule has 7 heteroatoms. The van der Waals surface area contributed by atoms with Crippen LogP contribution < -0.4 is 5.46 Å². The van der Waals surface area contributed by atoms with Crippen LogP contribution in [-0.2, 0) is 4.74 Å². The van der Waals surface area contributed by atoms with Gasteiger partial charge in [-0.05, 0) is 39.1 Å². The molecule has 1 aliphatic rings. The van der Waals surface area contributed by atoms with E-state index in [0.717, 1.165) is 20.3 Å². The lowest BCUT2D eigenvalue weighted by atomic mass is 9.93. The molecule has 1 aromatic heterocycles.